The van der Waals surface area contributed by atoms with E-state index in [9.17, 15) is 9.59 Å². The van der Waals surface area contributed by atoms with Gasteiger partial charge in [-0.05, 0) is 43.0 Å². The molecule has 0 saturated carbocycles. The van der Waals surface area contributed by atoms with Crippen molar-refractivity contribution >= 4 is 23.2 Å². The van der Waals surface area contributed by atoms with Crippen molar-refractivity contribution in [3.05, 3.63) is 59.7 Å². The molecule has 0 spiro atoms. The van der Waals surface area contributed by atoms with Crippen molar-refractivity contribution in [1.82, 2.24) is 10.2 Å². The summed E-state index contributed by atoms with van der Waals surface area (Å²) in [7, 11) is 0. The Morgan fingerprint density at radius 3 is 2.48 bits per heavy atom. The molecule has 27 heavy (non-hydrogen) atoms. The summed E-state index contributed by atoms with van der Waals surface area (Å²) in [6.45, 7) is 4.60. The number of carbonyl (C=O) groups is 2. The van der Waals surface area contributed by atoms with Crippen molar-refractivity contribution in [2.75, 3.05) is 24.1 Å². The lowest BCUT2D eigenvalue weighted by Gasteiger charge is -2.32. The number of anilines is 2. The van der Waals surface area contributed by atoms with Crippen molar-refractivity contribution in [2.24, 2.45) is 0 Å². The predicted molar refractivity (Wildman–Crippen MR) is 107 cm³/mol. The summed E-state index contributed by atoms with van der Waals surface area (Å²) in [5.41, 5.74) is 9.01. The lowest BCUT2D eigenvalue weighted by Crippen LogP contribution is -2.47. The van der Waals surface area contributed by atoms with E-state index < -0.39 is 11.8 Å². The summed E-state index contributed by atoms with van der Waals surface area (Å²) in [5, 5.41) is 5.43. The molecule has 6 nitrogen and oxygen atoms in total. The molecule has 2 amide bonds. The van der Waals surface area contributed by atoms with Crippen LogP contribution in [0.5, 0.6) is 0 Å². The SMILES string of the molecule is Cc1ccc(N)c(NC(=O)C(=O)NC2CCN(Cc3ccccc3)CC2)c1. The topological polar surface area (TPSA) is 87.5 Å². The van der Waals surface area contributed by atoms with Gasteiger partial charge in [0.05, 0.1) is 11.4 Å². The Labute approximate surface area is 159 Å². The van der Waals surface area contributed by atoms with Gasteiger partial charge in [-0.25, -0.2) is 0 Å². The van der Waals surface area contributed by atoms with Gasteiger partial charge < -0.3 is 16.4 Å². The molecule has 1 aliphatic rings. The molecule has 0 bridgehead atoms. The maximum atomic E-state index is 12.2. The number of nitrogen functional groups attached to an aromatic ring is 1. The number of piperidine rings is 1. The third kappa shape index (κ3) is 5.31. The van der Waals surface area contributed by atoms with Crippen LogP contribution in [0, 0.1) is 6.92 Å². The normalized spacial score (nSPS) is 15.3. The van der Waals surface area contributed by atoms with Crippen LogP contribution in [0.4, 0.5) is 11.4 Å². The van der Waals surface area contributed by atoms with Crippen LogP contribution in [0.2, 0.25) is 0 Å². The number of carbonyl (C=O) groups excluding carboxylic acids is 2. The predicted octanol–water partition coefficient (Wildman–Crippen LogP) is 2.30. The van der Waals surface area contributed by atoms with Crippen LogP contribution >= 0.6 is 0 Å². The Bertz CT molecular complexity index is 799. The molecule has 6 heteroatoms. The number of rotatable bonds is 4. The zero-order valence-electron chi connectivity index (χ0n) is 15.6. The van der Waals surface area contributed by atoms with Gasteiger partial charge in [-0.15, -0.1) is 0 Å². The van der Waals surface area contributed by atoms with Crippen LogP contribution in [0.1, 0.15) is 24.0 Å². The number of amides is 2. The second kappa shape index (κ2) is 8.68. The number of hydrogen-bond donors (Lipinski definition) is 3. The fourth-order valence-corrected chi connectivity index (χ4v) is 3.29. The average Bonchev–Trinajstić information content (AvgIpc) is 2.67. The zero-order chi connectivity index (χ0) is 19.2. The Balaban J connectivity index is 1.46. The number of nitrogens with one attached hydrogen (secondary N) is 2. The van der Waals surface area contributed by atoms with Gasteiger partial charge >= 0.3 is 11.8 Å². The smallest absolute Gasteiger partial charge is 0.313 e. The lowest BCUT2D eigenvalue weighted by molar-refractivity contribution is -0.136. The van der Waals surface area contributed by atoms with E-state index in [1.165, 1.54) is 5.56 Å². The van der Waals surface area contributed by atoms with E-state index in [2.05, 4.69) is 27.7 Å². The second-order valence-corrected chi connectivity index (χ2v) is 7.05. The molecule has 142 valence electrons. The first-order valence-corrected chi connectivity index (χ1v) is 9.25. The van der Waals surface area contributed by atoms with Crippen LogP contribution in [0.25, 0.3) is 0 Å². The van der Waals surface area contributed by atoms with E-state index in [-0.39, 0.29) is 6.04 Å². The Morgan fingerprint density at radius 1 is 1.07 bits per heavy atom. The van der Waals surface area contributed by atoms with Crippen LogP contribution in [0.3, 0.4) is 0 Å². The summed E-state index contributed by atoms with van der Waals surface area (Å²) in [6.07, 6.45) is 1.66. The third-order valence-electron chi connectivity index (χ3n) is 4.84. The quantitative estimate of drug-likeness (QED) is 0.572. The number of nitrogens with two attached hydrogens (primary N) is 1. The van der Waals surface area contributed by atoms with Gasteiger partial charge in [0, 0.05) is 25.7 Å². The fraction of sp³-hybridized carbons (Fsp3) is 0.333. The molecule has 1 heterocycles. The molecule has 0 unspecified atom stereocenters. The molecule has 1 aliphatic heterocycles. The largest absolute Gasteiger partial charge is 0.397 e. The van der Waals surface area contributed by atoms with Gasteiger partial charge in [0.25, 0.3) is 0 Å². The average molecular weight is 366 g/mol. The third-order valence-corrected chi connectivity index (χ3v) is 4.84. The van der Waals surface area contributed by atoms with E-state index in [1.807, 2.05) is 31.2 Å². The number of aryl methyl sites for hydroxylation is 1. The van der Waals surface area contributed by atoms with E-state index in [0.29, 0.717) is 11.4 Å². The molecular weight excluding hydrogens is 340 g/mol. The highest BCUT2D eigenvalue weighted by Gasteiger charge is 2.23. The van der Waals surface area contributed by atoms with Gasteiger partial charge in [-0.1, -0.05) is 36.4 Å². The van der Waals surface area contributed by atoms with E-state index in [4.69, 9.17) is 5.73 Å². The molecule has 4 N–H and O–H groups in total. The standard InChI is InChI=1S/C21H26N4O2/c1-15-7-8-18(22)19(13-15)24-21(27)20(26)23-17-9-11-25(12-10-17)14-16-5-3-2-4-6-16/h2-8,13,17H,9-12,14,22H2,1H3,(H,23,26)(H,24,27). The highest BCUT2D eigenvalue weighted by Crippen LogP contribution is 2.19. The molecular formula is C21H26N4O2. The van der Waals surface area contributed by atoms with Gasteiger partial charge in [-0.2, -0.15) is 0 Å². The van der Waals surface area contributed by atoms with E-state index >= 15 is 0 Å². The Morgan fingerprint density at radius 2 is 1.78 bits per heavy atom. The summed E-state index contributed by atoms with van der Waals surface area (Å²) in [4.78, 5) is 26.7. The highest BCUT2D eigenvalue weighted by atomic mass is 16.2. The van der Waals surface area contributed by atoms with E-state index in [1.54, 1.807) is 12.1 Å². The first-order valence-electron chi connectivity index (χ1n) is 9.25. The number of benzene rings is 2. The van der Waals surface area contributed by atoms with Crippen molar-refractivity contribution in [3.8, 4) is 0 Å². The van der Waals surface area contributed by atoms with Crippen LogP contribution in [0.15, 0.2) is 48.5 Å². The maximum absolute atomic E-state index is 12.2. The van der Waals surface area contributed by atoms with Gasteiger partial charge in [0.2, 0.25) is 0 Å². The number of likely N-dealkylation sites (tertiary alicyclic amines) is 1. The minimum atomic E-state index is -0.681. The maximum Gasteiger partial charge on any atom is 0.313 e. The number of nitrogens with zero attached hydrogens (tertiary/aromatic N) is 1. The summed E-state index contributed by atoms with van der Waals surface area (Å²) in [5.74, 6) is -1.29. The van der Waals surface area contributed by atoms with Crippen LogP contribution in [-0.2, 0) is 16.1 Å². The lowest BCUT2D eigenvalue weighted by atomic mass is 10.0. The van der Waals surface area contributed by atoms with Gasteiger partial charge in [0.15, 0.2) is 0 Å². The van der Waals surface area contributed by atoms with Gasteiger partial charge in [-0.3, -0.25) is 14.5 Å². The molecule has 0 radical (unpaired) electrons. The summed E-state index contributed by atoms with van der Waals surface area (Å²) < 4.78 is 0. The van der Waals surface area contributed by atoms with Crippen molar-refractivity contribution < 1.29 is 9.59 Å². The molecule has 0 atom stereocenters. The van der Waals surface area contributed by atoms with Crippen LogP contribution in [-0.4, -0.2) is 35.8 Å². The highest BCUT2D eigenvalue weighted by molar-refractivity contribution is 6.40. The van der Waals surface area contributed by atoms with Crippen molar-refractivity contribution in [1.29, 1.82) is 0 Å². The Kier molecular flexibility index (Phi) is 6.08. The minimum absolute atomic E-state index is 0.0186. The monoisotopic (exact) mass is 366 g/mol. The molecule has 0 aromatic heterocycles. The zero-order valence-corrected chi connectivity index (χ0v) is 15.6. The molecule has 2 aromatic carbocycles. The summed E-state index contributed by atoms with van der Waals surface area (Å²) >= 11 is 0. The molecule has 2 aromatic rings. The minimum Gasteiger partial charge on any atom is -0.397 e. The molecule has 1 fully saturated rings. The van der Waals surface area contributed by atoms with Crippen molar-refractivity contribution in [2.45, 2.75) is 32.4 Å². The van der Waals surface area contributed by atoms with E-state index in [0.717, 1.165) is 38.0 Å². The number of hydrogen-bond acceptors (Lipinski definition) is 4. The van der Waals surface area contributed by atoms with Crippen LogP contribution < -0.4 is 16.4 Å². The summed E-state index contributed by atoms with van der Waals surface area (Å²) in [6, 6.07) is 15.7. The molecule has 3 rings (SSSR count). The second-order valence-electron chi connectivity index (χ2n) is 7.05. The first-order chi connectivity index (χ1) is 13.0. The molecule has 1 saturated heterocycles. The molecule has 0 aliphatic carbocycles. The van der Waals surface area contributed by atoms with Crippen molar-refractivity contribution in [3.63, 3.8) is 0 Å². The first kappa shape index (κ1) is 18.9. The fourth-order valence-electron chi connectivity index (χ4n) is 3.29. The Hall–Kier alpha value is -2.86. The van der Waals surface area contributed by atoms with Gasteiger partial charge in [0.1, 0.15) is 0 Å².